The van der Waals surface area contributed by atoms with Gasteiger partial charge in [0.15, 0.2) is 0 Å². The molecule has 0 radical (unpaired) electrons. The second kappa shape index (κ2) is 9.58. The molecule has 1 unspecified atom stereocenters. The normalized spacial score (nSPS) is 15.7. The summed E-state index contributed by atoms with van der Waals surface area (Å²) in [5, 5.41) is 3.08. The van der Waals surface area contributed by atoms with E-state index in [9.17, 15) is 9.59 Å². The summed E-state index contributed by atoms with van der Waals surface area (Å²) >= 11 is 7.68. The number of amides is 2. The number of nitrogens with one attached hydrogen (secondary N) is 1. The van der Waals surface area contributed by atoms with Gasteiger partial charge in [-0.25, -0.2) is 0 Å². The Morgan fingerprint density at radius 3 is 2.59 bits per heavy atom. The highest BCUT2D eigenvalue weighted by Gasteiger charge is 2.33. The van der Waals surface area contributed by atoms with Gasteiger partial charge in [0.25, 0.3) is 5.91 Å². The van der Waals surface area contributed by atoms with Gasteiger partial charge in [-0.05, 0) is 29.8 Å². The van der Waals surface area contributed by atoms with Crippen LogP contribution in [0.1, 0.15) is 27.1 Å². The number of carbonyl (C=O) groups is 2. The monoisotopic (exact) mass is 472 g/mol. The summed E-state index contributed by atoms with van der Waals surface area (Å²) in [6, 6.07) is 14.0. The minimum absolute atomic E-state index is 0.0574. The van der Waals surface area contributed by atoms with Gasteiger partial charge in [0.1, 0.15) is 22.6 Å². The second-order valence-electron chi connectivity index (χ2n) is 7.03. The topological polar surface area (TPSA) is 81.0 Å². The van der Waals surface area contributed by atoms with Crippen LogP contribution in [0.15, 0.2) is 59.2 Å². The number of thioether (sulfide) groups is 1. The van der Waals surface area contributed by atoms with E-state index in [2.05, 4.69) is 5.32 Å². The van der Waals surface area contributed by atoms with Crippen LogP contribution in [-0.2, 0) is 11.3 Å². The summed E-state index contributed by atoms with van der Waals surface area (Å²) in [5.41, 5.74) is 1.86. The predicted molar refractivity (Wildman–Crippen MR) is 123 cm³/mol. The molecule has 1 fully saturated rings. The van der Waals surface area contributed by atoms with Crippen molar-refractivity contribution in [3.8, 4) is 11.5 Å². The zero-order valence-corrected chi connectivity index (χ0v) is 19.0. The maximum Gasteiger partial charge on any atom is 0.255 e. The van der Waals surface area contributed by atoms with E-state index in [4.69, 9.17) is 25.5 Å². The minimum atomic E-state index is -0.304. The van der Waals surface area contributed by atoms with Gasteiger partial charge in [-0.2, -0.15) is 0 Å². The molecule has 166 valence electrons. The zero-order chi connectivity index (χ0) is 22.7. The van der Waals surface area contributed by atoms with E-state index >= 15 is 0 Å². The fourth-order valence-corrected chi connectivity index (χ4v) is 4.84. The number of methoxy groups -OCH3 is 2. The molecule has 1 aromatic heterocycles. The van der Waals surface area contributed by atoms with E-state index in [0.717, 1.165) is 11.3 Å². The highest BCUT2D eigenvalue weighted by atomic mass is 35.5. The number of hydrogen-bond donors (Lipinski definition) is 1. The smallest absolute Gasteiger partial charge is 0.255 e. The molecule has 0 aliphatic carbocycles. The molecule has 2 amide bonds. The molecule has 1 atom stereocenters. The number of ether oxygens (including phenoxy) is 2. The molecule has 2 aromatic carbocycles. The lowest BCUT2D eigenvalue weighted by Gasteiger charge is -2.23. The molecule has 0 bridgehead atoms. The molecule has 2 heterocycles. The number of anilines is 1. The van der Waals surface area contributed by atoms with Gasteiger partial charge in [-0.1, -0.05) is 23.7 Å². The van der Waals surface area contributed by atoms with Gasteiger partial charge >= 0.3 is 0 Å². The summed E-state index contributed by atoms with van der Waals surface area (Å²) in [6.07, 6.45) is 1.59. The Labute approximate surface area is 194 Å². The van der Waals surface area contributed by atoms with E-state index in [1.807, 2.05) is 18.2 Å². The van der Waals surface area contributed by atoms with Crippen molar-refractivity contribution >= 4 is 40.9 Å². The van der Waals surface area contributed by atoms with Crippen molar-refractivity contribution in [3.63, 3.8) is 0 Å². The second-order valence-corrected chi connectivity index (χ2v) is 8.50. The molecule has 9 heteroatoms. The van der Waals surface area contributed by atoms with Gasteiger partial charge in [0.05, 0.1) is 43.5 Å². The summed E-state index contributed by atoms with van der Waals surface area (Å²) in [6.45, 7) is 0.407. The molecular weight excluding hydrogens is 452 g/mol. The Bertz CT molecular complexity index is 1120. The van der Waals surface area contributed by atoms with Crippen molar-refractivity contribution in [1.29, 1.82) is 0 Å². The van der Waals surface area contributed by atoms with Crippen LogP contribution in [0.25, 0.3) is 0 Å². The molecule has 1 saturated heterocycles. The number of nitrogens with zero attached hydrogens (tertiary/aromatic N) is 1. The van der Waals surface area contributed by atoms with Crippen molar-refractivity contribution in [2.45, 2.75) is 11.9 Å². The lowest BCUT2D eigenvalue weighted by atomic mass is 10.1. The number of carbonyl (C=O) groups excluding carboxylic acids is 2. The first-order chi connectivity index (χ1) is 15.5. The molecule has 0 spiro atoms. The molecule has 1 N–H and O–H groups in total. The van der Waals surface area contributed by atoms with E-state index in [1.54, 1.807) is 53.3 Å². The third-order valence-electron chi connectivity index (χ3n) is 5.05. The lowest BCUT2D eigenvalue weighted by molar-refractivity contribution is -0.128. The van der Waals surface area contributed by atoms with Crippen LogP contribution in [0.5, 0.6) is 11.5 Å². The first-order valence-corrected chi connectivity index (χ1v) is 11.2. The van der Waals surface area contributed by atoms with E-state index in [-0.39, 0.29) is 17.2 Å². The van der Waals surface area contributed by atoms with Gasteiger partial charge < -0.3 is 24.1 Å². The quantitative estimate of drug-likeness (QED) is 0.522. The average molecular weight is 473 g/mol. The van der Waals surface area contributed by atoms with Crippen LogP contribution in [-0.4, -0.2) is 36.7 Å². The van der Waals surface area contributed by atoms with Gasteiger partial charge in [-0.15, -0.1) is 11.8 Å². The van der Waals surface area contributed by atoms with Crippen molar-refractivity contribution in [1.82, 2.24) is 4.90 Å². The Balaban J connectivity index is 1.50. The number of halogens is 1. The largest absolute Gasteiger partial charge is 0.495 e. The van der Waals surface area contributed by atoms with Gasteiger partial charge in [-0.3, -0.25) is 9.59 Å². The van der Waals surface area contributed by atoms with Crippen molar-refractivity contribution < 1.29 is 23.5 Å². The van der Waals surface area contributed by atoms with Crippen LogP contribution < -0.4 is 14.8 Å². The molecule has 32 heavy (non-hydrogen) atoms. The van der Waals surface area contributed by atoms with Crippen molar-refractivity contribution in [2.75, 3.05) is 25.3 Å². The number of furan rings is 1. The summed E-state index contributed by atoms with van der Waals surface area (Å²) in [4.78, 5) is 27.0. The summed E-state index contributed by atoms with van der Waals surface area (Å²) in [7, 11) is 3.00. The lowest BCUT2D eigenvalue weighted by Crippen LogP contribution is -2.27. The van der Waals surface area contributed by atoms with Crippen LogP contribution >= 0.6 is 23.4 Å². The predicted octanol–water partition coefficient (Wildman–Crippen LogP) is 4.98. The van der Waals surface area contributed by atoms with Gasteiger partial charge in [0.2, 0.25) is 5.91 Å². The number of rotatable bonds is 7. The van der Waals surface area contributed by atoms with Crippen LogP contribution in [0.3, 0.4) is 0 Å². The maximum atomic E-state index is 12.8. The molecular formula is C23H21ClN2O5S. The average Bonchev–Trinajstić information content (AvgIpc) is 3.45. The minimum Gasteiger partial charge on any atom is -0.495 e. The molecule has 1 aliphatic rings. The zero-order valence-electron chi connectivity index (χ0n) is 17.5. The molecule has 0 saturated carbocycles. The highest BCUT2D eigenvalue weighted by Crippen LogP contribution is 2.40. The third kappa shape index (κ3) is 4.56. The summed E-state index contributed by atoms with van der Waals surface area (Å²) < 4.78 is 15.9. The Kier molecular flexibility index (Phi) is 6.62. The molecule has 1 aliphatic heterocycles. The Morgan fingerprint density at radius 1 is 1.19 bits per heavy atom. The Hall–Kier alpha value is -3.10. The van der Waals surface area contributed by atoms with Crippen molar-refractivity contribution in [3.05, 3.63) is 76.7 Å². The molecule has 7 nitrogen and oxygen atoms in total. The first kappa shape index (κ1) is 22.1. The Morgan fingerprint density at radius 2 is 1.94 bits per heavy atom. The maximum absolute atomic E-state index is 12.8. The van der Waals surface area contributed by atoms with Crippen LogP contribution in [0, 0.1) is 0 Å². The fourth-order valence-electron chi connectivity index (χ4n) is 3.42. The van der Waals surface area contributed by atoms with Gasteiger partial charge in [0, 0.05) is 17.7 Å². The SMILES string of the molecule is COc1cc(NC(=O)c2ccc(C3SCC(=O)N3Cc3ccco3)cc2)c(OC)cc1Cl. The molecule has 4 rings (SSSR count). The highest BCUT2D eigenvalue weighted by molar-refractivity contribution is 8.00. The van der Waals surface area contributed by atoms with E-state index < -0.39 is 0 Å². The standard InChI is InChI=1S/C23H21ClN2O5S/c1-29-19-11-18(20(30-2)10-17(19)24)25-22(28)14-5-7-15(8-6-14)23-26(21(27)13-32-23)12-16-4-3-9-31-16/h3-11,23H,12-13H2,1-2H3,(H,25,28). The summed E-state index contributed by atoms with van der Waals surface area (Å²) in [5.74, 6) is 1.75. The fraction of sp³-hybridized carbons (Fsp3) is 0.217. The van der Waals surface area contributed by atoms with E-state index in [1.165, 1.54) is 14.2 Å². The van der Waals surface area contributed by atoms with Crippen molar-refractivity contribution in [2.24, 2.45) is 0 Å². The first-order valence-electron chi connectivity index (χ1n) is 9.76. The number of benzene rings is 2. The third-order valence-corrected chi connectivity index (χ3v) is 6.61. The van der Waals surface area contributed by atoms with Crippen LogP contribution in [0.2, 0.25) is 5.02 Å². The molecule has 3 aromatic rings. The van der Waals surface area contributed by atoms with E-state index in [0.29, 0.717) is 40.1 Å². The van der Waals surface area contributed by atoms with Crippen LogP contribution in [0.4, 0.5) is 5.69 Å². The number of hydrogen-bond acceptors (Lipinski definition) is 6.